The van der Waals surface area contributed by atoms with Crippen LogP contribution < -0.4 is 10.0 Å². The molecule has 0 radical (unpaired) electrons. The van der Waals surface area contributed by atoms with Gasteiger partial charge in [0.2, 0.25) is 15.9 Å². The number of anilines is 1. The highest BCUT2D eigenvalue weighted by Gasteiger charge is 2.45. The van der Waals surface area contributed by atoms with Gasteiger partial charge in [0.05, 0.1) is 10.3 Å². The maximum absolute atomic E-state index is 13.1. The first kappa shape index (κ1) is 20.8. The van der Waals surface area contributed by atoms with Gasteiger partial charge in [-0.3, -0.25) is 4.79 Å². The number of sulfonamides is 1. The van der Waals surface area contributed by atoms with E-state index < -0.39 is 21.0 Å². The largest absolute Gasteiger partial charge is 0.325 e. The lowest BCUT2D eigenvalue weighted by molar-refractivity contribution is -0.124. The molecule has 1 aliphatic rings. The number of carbonyl (C=O) groups is 1. The van der Waals surface area contributed by atoms with E-state index in [1.54, 1.807) is 45.0 Å². The van der Waals surface area contributed by atoms with Gasteiger partial charge in [0.15, 0.2) is 0 Å². The second-order valence-electron chi connectivity index (χ2n) is 8.28. The van der Waals surface area contributed by atoms with Crippen LogP contribution in [-0.4, -0.2) is 19.9 Å². The summed E-state index contributed by atoms with van der Waals surface area (Å²) >= 11 is 5.97. The highest BCUT2D eigenvalue weighted by molar-refractivity contribution is 7.89. The van der Waals surface area contributed by atoms with E-state index in [0.717, 1.165) is 24.8 Å². The molecular formula is C21H25ClN2O3S. The van der Waals surface area contributed by atoms with Crippen molar-refractivity contribution in [2.75, 3.05) is 5.32 Å². The quantitative estimate of drug-likeness (QED) is 0.748. The minimum Gasteiger partial charge on any atom is -0.325 e. The Bertz CT molecular complexity index is 975. The Hall–Kier alpha value is -1.89. The Balaban J connectivity index is 1.84. The Morgan fingerprint density at radius 2 is 1.71 bits per heavy atom. The lowest BCUT2D eigenvalue weighted by Gasteiger charge is -2.40. The summed E-state index contributed by atoms with van der Waals surface area (Å²) in [6, 6.07) is 13.7. The van der Waals surface area contributed by atoms with Gasteiger partial charge in [-0.2, -0.15) is 0 Å². The van der Waals surface area contributed by atoms with Crippen molar-refractivity contribution in [3.05, 3.63) is 59.1 Å². The van der Waals surface area contributed by atoms with Gasteiger partial charge in [0.25, 0.3) is 0 Å². The molecule has 5 nitrogen and oxygen atoms in total. The molecule has 2 aromatic carbocycles. The Labute approximate surface area is 171 Å². The van der Waals surface area contributed by atoms with Crippen LogP contribution in [0, 0.1) is 0 Å². The molecule has 2 N–H and O–H groups in total. The molecule has 0 unspecified atom stereocenters. The second kappa shape index (κ2) is 7.50. The number of rotatable bonds is 5. The molecule has 150 valence electrons. The standard InChI is InChI=1S/C21H25ClN2O3S/c1-20(2,3)24-28(26,27)18-7-4-6-17(14-18)23-19(25)21(12-5-13-21)15-8-10-16(22)11-9-15/h4,6-11,14,24H,5,12-13H2,1-3H3,(H,23,25). The zero-order chi connectivity index (χ0) is 20.6. The van der Waals surface area contributed by atoms with Crippen molar-refractivity contribution in [3.8, 4) is 0 Å². The molecule has 0 atom stereocenters. The lowest BCUT2D eigenvalue weighted by Crippen LogP contribution is -2.46. The summed E-state index contributed by atoms with van der Waals surface area (Å²) in [4.78, 5) is 13.2. The van der Waals surface area contributed by atoms with E-state index in [-0.39, 0.29) is 10.8 Å². The first-order valence-electron chi connectivity index (χ1n) is 9.23. The molecule has 3 rings (SSSR count). The topological polar surface area (TPSA) is 75.3 Å². The first-order valence-corrected chi connectivity index (χ1v) is 11.1. The molecule has 1 aliphatic carbocycles. The minimum absolute atomic E-state index is 0.120. The van der Waals surface area contributed by atoms with E-state index in [4.69, 9.17) is 11.6 Å². The number of amides is 1. The predicted molar refractivity (Wildman–Crippen MR) is 112 cm³/mol. The Morgan fingerprint density at radius 3 is 2.25 bits per heavy atom. The second-order valence-corrected chi connectivity index (χ2v) is 10.4. The number of hydrogen-bond donors (Lipinski definition) is 2. The van der Waals surface area contributed by atoms with E-state index in [9.17, 15) is 13.2 Å². The van der Waals surface area contributed by atoms with Crippen molar-refractivity contribution in [3.63, 3.8) is 0 Å². The minimum atomic E-state index is -3.68. The maximum atomic E-state index is 13.1. The maximum Gasteiger partial charge on any atom is 0.241 e. The molecule has 0 aromatic heterocycles. The van der Waals surface area contributed by atoms with Crippen molar-refractivity contribution in [2.45, 2.75) is 55.9 Å². The van der Waals surface area contributed by atoms with E-state index in [1.165, 1.54) is 12.1 Å². The van der Waals surface area contributed by atoms with Crippen LogP contribution in [0.5, 0.6) is 0 Å². The lowest BCUT2D eigenvalue weighted by atomic mass is 9.64. The normalized spacial score (nSPS) is 16.3. The van der Waals surface area contributed by atoms with Crippen molar-refractivity contribution < 1.29 is 13.2 Å². The van der Waals surface area contributed by atoms with E-state index in [1.807, 2.05) is 12.1 Å². The van der Waals surface area contributed by atoms with Gasteiger partial charge in [-0.15, -0.1) is 0 Å². The van der Waals surface area contributed by atoms with Crippen LogP contribution in [0.4, 0.5) is 5.69 Å². The number of nitrogens with one attached hydrogen (secondary N) is 2. The Morgan fingerprint density at radius 1 is 1.07 bits per heavy atom. The average molecular weight is 421 g/mol. The molecule has 1 fully saturated rings. The molecular weight excluding hydrogens is 396 g/mol. The number of carbonyl (C=O) groups excluding carboxylic acids is 1. The molecule has 2 aromatic rings. The van der Waals surface area contributed by atoms with Gasteiger partial charge in [0.1, 0.15) is 0 Å². The van der Waals surface area contributed by atoms with Gasteiger partial charge < -0.3 is 5.32 Å². The van der Waals surface area contributed by atoms with Crippen molar-refractivity contribution >= 4 is 33.2 Å². The van der Waals surface area contributed by atoms with Crippen LogP contribution in [0.15, 0.2) is 53.4 Å². The molecule has 0 saturated heterocycles. The van der Waals surface area contributed by atoms with Crippen LogP contribution in [0.25, 0.3) is 0 Å². The first-order chi connectivity index (χ1) is 13.0. The molecule has 0 bridgehead atoms. The zero-order valence-electron chi connectivity index (χ0n) is 16.3. The summed E-state index contributed by atoms with van der Waals surface area (Å²) in [6.07, 6.45) is 2.48. The zero-order valence-corrected chi connectivity index (χ0v) is 17.8. The predicted octanol–water partition coefficient (Wildman–Crippen LogP) is 4.48. The molecule has 7 heteroatoms. The van der Waals surface area contributed by atoms with Gasteiger partial charge in [-0.25, -0.2) is 13.1 Å². The fourth-order valence-corrected chi connectivity index (χ4v) is 4.99. The third kappa shape index (κ3) is 4.40. The molecule has 0 aliphatic heterocycles. The number of hydrogen-bond acceptors (Lipinski definition) is 3. The Kier molecular flexibility index (Phi) is 5.58. The summed E-state index contributed by atoms with van der Waals surface area (Å²) in [6.45, 7) is 5.34. The smallest absolute Gasteiger partial charge is 0.241 e. The highest BCUT2D eigenvalue weighted by Crippen LogP contribution is 2.45. The summed E-state index contributed by atoms with van der Waals surface area (Å²) in [5, 5.41) is 3.54. The molecule has 1 saturated carbocycles. The van der Waals surface area contributed by atoms with Crippen LogP contribution in [0.3, 0.4) is 0 Å². The van der Waals surface area contributed by atoms with E-state index >= 15 is 0 Å². The summed E-state index contributed by atoms with van der Waals surface area (Å²) in [5.74, 6) is -0.126. The van der Waals surface area contributed by atoms with Gasteiger partial charge >= 0.3 is 0 Å². The highest BCUT2D eigenvalue weighted by atomic mass is 35.5. The van der Waals surface area contributed by atoms with Crippen LogP contribution >= 0.6 is 11.6 Å². The van der Waals surface area contributed by atoms with Crippen molar-refractivity contribution in [2.24, 2.45) is 0 Å². The molecule has 28 heavy (non-hydrogen) atoms. The van der Waals surface area contributed by atoms with E-state index in [2.05, 4.69) is 10.0 Å². The number of benzene rings is 2. The summed E-state index contributed by atoms with van der Waals surface area (Å²) in [5.41, 5.74) is 0.201. The van der Waals surface area contributed by atoms with Gasteiger partial charge in [-0.1, -0.05) is 36.2 Å². The third-order valence-corrected chi connectivity index (χ3v) is 6.89. The molecule has 1 amide bonds. The monoisotopic (exact) mass is 420 g/mol. The average Bonchev–Trinajstić information content (AvgIpc) is 2.53. The van der Waals surface area contributed by atoms with E-state index in [0.29, 0.717) is 10.7 Å². The third-order valence-electron chi connectivity index (χ3n) is 4.88. The molecule has 0 spiro atoms. The van der Waals surface area contributed by atoms with Crippen molar-refractivity contribution in [1.29, 1.82) is 0 Å². The van der Waals surface area contributed by atoms with Crippen LogP contribution in [0.1, 0.15) is 45.6 Å². The SMILES string of the molecule is CC(C)(C)NS(=O)(=O)c1cccc(NC(=O)C2(c3ccc(Cl)cc3)CCC2)c1. The van der Waals surface area contributed by atoms with Crippen LogP contribution in [0.2, 0.25) is 5.02 Å². The van der Waals surface area contributed by atoms with Crippen LogP contribution in [-0.2, 0) is 20.2 Å². The van der Waals surface area contributed by atoms with Gasteiger partial charge in [0, 0.05) is 16.2 Å². The number of halogens is 1. The molecule has 0 heterocycles. The fraction of sp³-hybridized carbons (Fsp3) is 0.381. The van der Waals surface area contributed by atoms with Gasteiger partial charge in [-0.05, 0) is 69.5 Å². The summed E-state index contributed by atoms with van der Waals surface area (Å²) < 4.78 is 27.8. The van der Waals surface area contributed by atoms with Crippen molar-refractivity contribution in [1.82, 2.24) is 4.72 Å². The fourth-order valence-electron chi connectivity index (χ4n) is 3.40. The summed E-state index contributed by atoms with van der Waals surface area (Å²) in [7, 11) is -3.68.